The molecule has 0 fully saturated rings. The van der Waals surface area contributed by atoms with E-state index in [4.69, 9.17) is 13.0 Å². The minimum atomic E-state index is -0.717. The molecule has 0 heterocycles. The van der Waals surface area contributed by atoms with Crippen molar-refractivity contribution in [3.63, 3.8) is 0 Å². The van der Waals surface area contributed by atoms with Crippen LogP contribution in [-0.2, 0) is 0 Å². The van der Waals surface area contributed by atoms with Crippen LogP contribution in [0.5, 0.6) is 0 Å². The lowest BCUT2D eigenvalue weighted by Gasteiger charge is -2.08. The van der Waals surface area contributed by atoms with Crippen LogP contribution >= 0.6 is 0 Å². The van der Waals surface area contributed by atoms with Crippen molar-refractivity contribution in [2.24, 2.45) is 0 Å². The average Bonchev–Trinajstić information content (AvgIpc) is 1.94. The van der Waals surface area contributed by atoms with Crippen LogP contribution in [0.25, 0.3) is 0 Å². The molecule has 1 aromatic carbocycles. The van der Waals surface area contributed by atoms with Crippen molar-refractivity contribution in [3.05, 3.63) is 29.6 Å². The third-order valence-electron chi connectivity index (χ3n) is 1.50. The smallest absolute Gasteiger partial charge is 0.123 e. The molecule has 56 valence electrons. The first-order chi connectivity index (χ1) is 5.11. The molecule has 0 saturated carbocycles. The third-order valence-corrected chi connectivity index (χ3v) is 1.50. The highest BCUT2D eigenvalue weighted by Gasteiger charge is 2.04. The topological polar surface area (TPSA) is 20.2 Å². The summed E-state index contributed by atoms with van der Waals surface area (Å²) in [5, 5.41) is 9.08. The van der Waals surface area contributed by atoms with Gasteiger partial charge in [0.2, 0.25) is 0 Å². The summed E-state index contributed by atoms with van der Waals surface area (Å²) >= 11 is 0. The van der Waals surface area contributed by atoms with Crippen LogP contribution in [0.1, 0.15) is 18.6 Å². The van der Waals surface area contributed by atoms with E-state index >= 15 is 0 Å². The van der Waals surface area contributed by atoms with Gasteiger partial charge in [0.1, 0.15) is 13.7 Å². The van der Waals surface area contributed by atoms with Crippen molar-refractivity contribution in [2.75, 3.05) is 0 Å². The summed E-state index contributed by atoms with van der Waals surface area (Å²) < 4.78 is 12.5. The van der Waals surface area contributed by atoms with E-state index in [1.165, 1.54) is 18.2 Å². The van der Waals surface area contributed by atoms with Crippen LogP contribution in [0.2, 0.25) is 0 Å². The fraction of sp³-hybridized carbons (Fsp3) is 0.250. The molecule has 0 spiro atoms. The Hall–Kier alpha value is -0.825. The predicted molar refractivity (Wildman–Crippen MR) is 42.4 cm³/mol. The van der Waals surface area contributed by atoms with Crippen molar-refractivity contribution in [3.8, 4) is 0 Å². The summed E-state index contributed by atoms with van der Waals surface area (Å²) in [5.41, 5.74) is 0.853. The quantitative estimate of drug-likeness (QED) is 0.583. The van der Waals surface area contributed by atoms with Crippen LogP contribution < -0.4 is 5.46 Å². The van der Waals surface area contributed by atoms with Gasteiger partial charge in [-0.2, -0.15) is 0 Å². The molecule has 0 unspecified atom stereocenters. The van der Waals surface area contributed by atoms with Crippen molar-refractivity contribution >= 4 is 13.3 Å². The number of aliphatic hydroxyl groups is 1. The molecule has 1 nitrogen and oxygen atoms in total. The van der Waals surface area contributed by atoms with Gasteiger partial charge < -0.3 is 5.11 Å². The number of aliphatic hydroxyl groups excluding tert-OH is 1. The van der Waals surface area contributed by atoms with E-state index < -0.39 is 6.10 Å². The van der Waals surface area contributed by atoms with E-state index in [0.29, 0.717) is 11.0 Å². The highest BCUT2D eigenvalue weighted by molar-refractivity contribution is 6.33. The molecule has 0 aliphatic carbocycles. The number of hydrogen-bond acceptors (Lipinski definition) is 1. The highest BCUT2D eigenvalue weighted by atomic mass is 19.1. The standard InChI is InChI=1S/C8H8BFO/c1-5(11)7-4-6(10)2-3-8(7)9/h2-5,11H,1H3/t5-/m0/s1. The second-order valence-electron chi connectivity index (χ2n) is 2.45. The molecule has 0 saturated heterocycles. The third kappa shape index (κ3) is 1.81. The molecular weight excluding hydrogens is 142 g/mol. The van der Waals surface area contributed by atoms with Crippen molar-refractivity contribution in [1.29, 1.82) is 0 Å². The van der Waals surface area contributed by atoms with Gasteiger partial charge in [-0.15, -0.1) is 0 Å². The Morgan fingerprint density at radius 2 is 2.18 bits per heavy atom. The molecule has 11 heavy (non-hydrogen) atoms. The monoisotopic (exact) mass is 150 g/mol. The van der Waals surface area contributed by atoms with E-state index in [1.807, 2.05) is 0 Å². The van der Waals surface area contributed by atoms with Crippen LogP contribution in [-0.4, -0.2) is 13.0 Å². The van der Waals surface area contributed by atoms with Crippen molar-refractivity contribution < 1.29 is 9.50 Å². The molecule has 1 N–H and O–H groups in total. The average molecular weight is 150 g/mol. The van der Waals surface area contributed by atoms with Gasteiger partial charge in [0, 0.05) is 0 Å². The largest absolute Gasteiger partial charge is 0.389 e. The lowest BCUT2D eigenvalue weighted by Crippen LogP contribution is -2.12. The number of benzene rings is 1. The SMILES string of the molecule is [B]c1ccc(F)cc1[C@H](C)O. The summed E-state index contributed by atoms with van der Waals surface area (Å²) in [4.78, 5) is 0. The van der Waals surface area contributed by atoms with Crippen molar-refractivity contribution in [1.82, 2.24) is 0 Å². The molecule has 1 atom stereocenters. The lowest BCUT2D eigenvalue weighted by atomic mass is 9.88. The first kappa shape index (κ1) is 8.27. The van der Waals surface area contributed by atoms with Crippen LogP contribution in [0.4, 0.5) is 4.39 Å². The number of rotatable bonds is 1. The molecule has 3 heteroatoms. The number of hydrogen-bond donors (Lipinski definition) is 1. The zero-order valence-electron chi connectivity index (χ0n) is 6.21. The second-order valence-corrected chi connectivity index (χ2v) is 2.45. The van der Waals surface area contributed by atoms with Crippen molar-refractivity contribution in [2.45, 2.75) is 13.0 Å². The summed E-state index contributed by atoms with van der Waals surface area (Å²) in [7, 11) is 5.46. The zero-order chi connectivity index (χ0) is 8.43. The Bertz CT molecular complexity index is 260. The Morgan fingerprint density at radius 3 is 2.64 bits per heavy atom. The Morgan fingerprint density at radius 1 is 1.55 bits per heavy atom. The Kier molecular flexibility index (Phi) is 2.30. The fourth-order valence-electron chi connectivity index (χ4n) is 0.907. The minimum absolute atomic E-state index is 0.380. The predicted octanol–water partition coefficient (Wildman–Crippen LogP) is 0.673. The molecule has 0 aromatic heterocycles. The first-order valence-corrected chi connectivity index (χ1v) is 3.34. The Labute approximate surface area is 66.3 Å². The molecule has 0 amide bonds. The maximum atomic E-state index is 12.5. The van der Waals surface area contributed by atoms with Gasteiger partial charge >= 0.3 is 0 Å². The summed E-state index contributed by atoms with van der Waals surface area (Å²) in [6, 6.07) is 3.94. The summed E-state index contributed by atoms with van der Waals surface area (Å²) in [6.45, 7) is 1.55. The second kappa shape index (κ2) is 3.05. The molecule has 0 aliphatic heterocycles. The molecule has 0 bridgehead atoms. The maximum absolute atomic E-state index is 12.5. The zero-order valence-corrected chi connectivity index (χ0v) is 6.21. The van der Waals surface area contributed by atoms with E-state index in [0.717, 1.165) is 0 Å². The highest BCUT2D eigenvalue weighted by Crippen LogP contribution is 2.09. The van der Waals surface area contributed by atoms with Gasteiger partial charge in [-0.25, -0.2) is 4.39 Å². The molecule has 2 radical (unpaired) electrons. The molecule has 1 aromatic rings. The molecule has 1 rings (SSSR count). The first-order valence-electron chi connectivity index (χ1n) is 3.34. The van der Waals surface area contributed by atoms with E-state index in [-0.39, 0.29) is 5.82 Å². The van der Waals surface area contributed by atoms with Crippen LogP contribution in [0.15, 0.2) is 18.2 Å². The normalized spacial score (nSPS) is 13.0. The van der Waals surface area contributed by atoms with E-state index in [2.05, 4.69) is 0 Å². The lowest BCUT2D eigenvalue weighted by molar-refractivity contribution is 0.200. The van der Waals surface area contributed by atoms with Crippen LogP contribution in [0, 0.1) is 5.82 Å². The van der Waals surface area contributed by atoms with E-state index in [9.17, 15) is 4.39 Å². The van der Waals surface area contributed by atoms with Gasteiger partial charge in [-0.1, -0.05) is 11.5 Å². The minimum Gasteiger partial charge on any atom is -0.389 e. The fourth-order valence-corrected chi connectivity index (χ4v) is 0.907. The molecular formula is C8H8BFO. The maximum Gasteiger partial charge on any atom is 0.123 e. The van der Waals surface area contributed by atoms with Crippen LogP contribution in [0.3, 0.4) is 0 Å². The Balaban J connectivity index is 3.13. The number of halogens is 1. The van der Waals surface area contributed by atoms with Gasteiger partial charge in [0.25, 0.3) is 0 Å². The summed E-state index contributed by atoms with van der Waals surface area (Å²) in [6.07, 6.45) is -0.717. The van der Waals surface area contributed by atoms with Gasteiger partial charge in [-0.3, -0.25) is 0 Å². The van der Waals surface area contributed by atoms with Gasteiger partial charge in [-0.05, 0) is 24.6 Å². The molecule has 0 aliphatic rings. The van der Waals surface area contributed by atoms with E-state index in [1.54, 1.807) is 6.92 Å². The summed E-state index contributed by atoms with van der Waals surface area (Å²) in [5.74, 6) is -0.380. The van der Waals surface area contributed by atoms with Gasteiger partial charge in [0.05, 0.1) is 6.10 Å². The van der Waals surface area contributed by atoms with Gasteiger partial charge in [0.15, 0.2) is 0 Å².